The van der Waals surface area contributed by atoms with Crippen LogP contribution in [0.3, 0.4) is 0 Å². The summed E-state index contributed by atoms with van der Waals surface area (Å²) < 4.78 is 0. The molecule has 0 saturated carbocycles. The Bertz CT molecular complexity index is 379. The van der Waals surface area contributed by atoms with Crippen molar-refractivity contribution < 1.29 is 0 Å². The Labute approximate surface area is 116 Å². The molecule has 0 aliphatic heterocycles. The molecule has 0 unspecified atom stereocenters. The van der Waals surface area contributed by atoms with Gasteiger partial charge in [-0.1, -0.05) is 13.3 Å². The molecule has 0 aliphatic rings. The van der Waals surface area contributed by atoms with E-state index in [1.165, 1.54) is 0 Å². The van der Waals surface area contributed by atoms with Crippen molar-refractivity contribution in [1.29, 1.82) is 0 Å². The van der Waals surface area contributed by atoms with Crippen LogP contribution in [-0.2, 0) is 6.42 Å². The van der Waals surface area contributed by atoms with Crippen LogP contribution >= 0.6 is 0 Å². The van der Waals surface area contributed by atoms with Gasteiger partial charge in [0.15, 0.2) is 0 Å². The molecule has 0 atom stereocenters. The fourth-order valence-corrected chi connectivity index (χ4v) is 2.07. The van der Waals surface area contributed by atoms with Crippen molar-refractivity contribution in [2.24, 2.45) is 5.84 Å². The van der Waals surface area contributed by atoms with Crippen LogP contribution in [0.2, 0.25) is 0 Å². The molecular formula is C13H26N6. The topological polar surface area (TPSA) is 70.3 Å². The first-order valence-corrected chi connectivity index (χ1v) is 6.76. The molecule has 1 heterocycles. The predicted molar refractivity (Wildman–Crippen MR) is 80.3 cm³/mol. The van der Waals surface area contributed by atoms with Gasteiger partial charge < -0.3 is 15.2 Å². The van der Waals surface area contributed by atoms with Crippen molar-refractivity contribution in [1.82, 2.24) is 14.9 Å². The van der Waals surface area contributed by atoms with Crippen molar-refractivity contribution in [2.45, 2.75) is 26.2 Å². The molecule has 0 aromatic carbocycles. The van der Waals surface area contributed by atoms with Crippen molar-refractivity contribution in [2.75, 3.05) is 44.6 Å². The predicted octanol–water partition coefficient (Wildman–Crippen LogP) is 1.10. The van der Waals surface area contributed by atoms with Gasteiger partial charge in [-0.25, -0.2) is 15.8 Å². The molecule has 19 heavy (non-hydrogen) atoms. The van der Waals surface area contributed by atoms with Crippen molar-refractivity contribution >= 4 is 11.6 Å². The average Bonchev–Trinajstić information content (AvgIpc) is 2.38. The van der Waals surface area contributed by atoms with Gasteiger partial charge in [0.05, 0.1) is 0 Å². The fraction of sp³-hybridized carbons (Fsp3) is 0.692. The number of rotatable bonds is 8. The highest BCUT2D eigenvalue weighted by atomic mass is 15.3. The van der Waals surface area contributed by atoms with Crippen LogP contribution in [0, 0.1) is 0 Å². The highest BCUT2D eigenvalue weighted by Crippen LogP contribution is 2.23. The molecule has 0 saturated heterocycles. The third-order valence-electron chi connectivity index (χ3n) is 3.02. The lowest BCUT2D eigenvalue weighted by molar-refractivity contribution is 0.401. The molecule has 6 heteroatoms. The summed E-state index contributed by atoms with van der Waals surface area (Å²) in [5.74, 6) is 7.23. The smallest absolute Gasteiger partial charge is 0.148 e. The van der Waals surface area contributed by atoms with Crippen LogP contribution in [0.1, 0.15) is 25.3 Å². The highest BCUT2D eigenvalue weighted by molar-refractivity contribution is 5.58. The van der Waals surface area contributed by atoms with Gasteiger partial charge in [-0.2, -0.15) is 0 Å². The van der Waals surface area contributed by atoms with E-state index in [2.05, 4.69) is 53.3 Å². The number of hydrazine groups is 1. The number of nitrogens with zero attached hydrogens (tertiary/aromatic N) is 4. The fourth-order valence-electron chi connectivity index (χ4n) is 2.07. The number of nitrogens with one attached hydrogen (secondary N) is 1. The van der Waals surface area contributed by atoms with E-state index in [0.717, 1.165) is 49.6 Å². The Morgan fingerprint density at radius 2 is 1.95 bits per heavy atom. The van der Waals surface area contributed by atoms with Gasteiger partial charge in [0, 0.05) is 19.2 Å². The monoisotopic (exact) mass is 266 g/mol. The van der Waals surface area contributed by atoms with E-state index in [4.69, 9.17) is 5.84 Å². The Balaban J connectivity index is 2.79. The SMILES string of the molecule is CCCc1c(NN)ncnc1N(C)CCCN(C)C. The lowest BCUT2D eigenvalue weighted by atomic mass is 10.1. The maximum Gasteiger partial charge on any atom is 0.148 e. The molecule has 0 amide bonds. The Morgan fingerprint density at radius 1 is 1.21 bits per heavy atom. The second-order valence-corrected chi connectivity index (χ2v) is 5.00. The highest BCUT2D eigenvalue weighted by Gasteiger charge is 2.13. The van der Waals surface area contributed by atoms with Crippen LogP contribution < -0.4 is 16.2 Å². The summed E-state index contributed by atoms with van der Waals surface area (Å²) in [6.07, 6.45) is 4.63. The molecule has 0 radical (unpaired) electrons. The second-order valence-electron chi connectivity index (χ2n) is 5.00. The van der Waals surface area contributed by atoms with Gasteiger partial charge in [-0.3, -0.25) is 0 Å². The molecule has 108 valence electrons. The van der Waals surface area contributed by atoms with Crippen LogP contribution in [0.4, 0.5) is 11.6 Å². The molecule has 3 N–H and O–H groups in total. The van der Waals surface area contributed by atoms with E-state index in [1.54, 1.807) is 6.33 Å². The largest absolute Gasteiger partial charge is 0.359 e. The molecule has 0 fully saturated rings. The summed E-state index contributed by atoms with van der Waals surface area (Å²) in [4.78, 5) is 13.0. The zero-order valence-electron chi connectivity index (χ0n) is 12.5. The number of aromatic nitrogens is 2. The molecule has 0 bridgehead atoms. The zero-order chi connectivity index (χ0) is 14.3. The second kappa shape index (κ2) is 7.91. The summed E-state index contributed by atoms with van der Waals surface area (Å²) in [5.41, 5.74) is 3.76. The third kappa shape index (κ3) is 4.65. The number of nitrogens with two attached hydrogens (primary N) is 1. The van der Waals surface area contributed by atoms with Gasteiger partial charge >= 0.3 is 0 Å². The van der Waals surface area contributed by atoms with Crippen LogP contribution in [-0.4, -0.2) is 49.1 Å². The number of anilines is 2. The van der Waals surface area contributed by atoms with Crippen LogP contribution in [0.15, 0.2) is 6.33 Å². The number of hydrogen-bond acceptors (Lipinski definition) is 6. The molecule has 6 nitrogen and oxygen atoms in total. The normalized spacial score (nSPS) is 10.8. The Hall–Kier alpha value is -1.40. The first kappa shape index (κ1) is 15.7. The van der Waals surface area contributed by atoms with Crippen molar-refractivity contribution in [3.8, 4) is 0 Å². The zero-order valence-corrected chi connectivity index (χ0v) is 12.5. The van der Waals surface area contributed by atoms with Crippen LogP contribution in [0.5, 0.6) is 0 Å². The Morgan fingerprint density at radius 3 is 2.53 bits per heavy atom. The van der Waals surface area contributed by atoms with Gasteiger partial charge in [-0.15, -0.1) is 0 Å². The Kier molecular flexibility index (Phi) is 6.52. The van der Waals surface area contributed by atoms with E-state index < -0.39 is 0 Å². The lowest BCUT2D eigenvalue weighted by Gasteiger charge is -2.23. The van der Waals surface area contributed by atoms with Gasteiger partial charge in [-0.05, 0) is 33.5 Å². The first-order chi connectivity index (χ1) is 9.10. The van der Waals surface area contributed by atoms with Crippen molar-refractivity contribution in [3.63, 3.8) is 0 Å². The maximum absolute atomic E-state index is 5.52. The first-order valence-electron chi connectivity index (χ1n) is 6.76. The minimum atomic E-state index is 0.728. The van der Waals surface area contributed by atoms with E-state index in [9.17, 15) is 0 Å². The summed E-state index contributed by atoms with van der Waals surface area (Å²) in [6, 6.07) is 0. The molecule has 1 aromatic heterocycles. The standard InChI is InChI=1S/C13H26N6/c1-5-7-11-12(17-14)15-10-16-13(11)19(4)9-6-8-18(2)3/h10H,5-9,14H2,1-4H3,(H,15,16,17). The average molecular weight is 266 g/mol. The van der Waals surface area contributed by atoms with Gasteiger partial charge in [0.25, 0.3) is 0 Å². The summed E-state index contributed by atoms with van der Waals surface area (Å²) >= 11 is 0. The third-order valence-corrected chi connectivity index (χ3v) is 3.02. The van der Waals surface area contributed by atoms with Crippen molar-refractivity contribution in [3.05, 3.63) is 11.9 Å². The molecule has 1 rings (SSSR count). The molecule has 1 aromatic rings. The van der Waals surface area contributed by atoms with E-state index in [1.807, 2.05) is 0 Å². The molecule has 0 aliphatic carbocycles. The van der Waals surface area contributed by atoms with Crippen LogP contribution in [0.25, 0.3) is 0 Å². The molecular weight excluding hydrogens is 240 g/mol. The summed E-state index contributed by atoms with van der Waals surface area (Å²) in [5, 5.41) is 0. The quantitative estimate of drug-likeness (QED) is 0.542. The number of hydrogen-bond donors (Lipinski definition) is 2. The minimum absolute atomic E-state index is 0.728. The maximum atomic E-state index is 5.52. The molecule has 0 spiro atoms. The minimum Gasteiger partial charge on any atom is -0.359 e. The van der Waals surface area contributed by atoms with E-state index in [0.29, 0.717) is 0 Å². The van der Waals surface area contributed by atoms with E-state index >= 15 is 0 Å². The van der Waals surface area contributed by atoms with Gasteiger partial charge in [0.1, 0.15) is 18.0 Å². The van der Waals surface area contributed by atoms with Gasteiger partial charge in [0.2, 0.25) is 0 Å². The summed E-state index contributed by atoms with van der Waals surface area (Å²) in [6.45, 7) is 4.18. The lowest BCUT2D eigenvalue weighted by Crippen LogP contribution is -2.26. The van der Waals surface area contributed by atoms with E-state index in [-0.39, 0.29) is 0 Å². The number of nitrogen functional groups attached to an aromatic ring is 1. The summed E-state index contributed by atoms with van der Waals surface area (Å²) in [7, 11) is 6.24.